The average Bonchev–Trinajstić information content (AvgIpc) is 2.28. The highest BCUT2D eigenvalue weighted by Gasteiger charge is 2.28. The molecular formula is C12H23N2O4P. The lowest BCUT2D eigenvalue weighted by Gasteiger charge is -2.36. The van der Waals surface area contributed by atoms with E-state index in [0.29, 0.717) is 26.1 Å². The fourth-order valence-corrected chi connectivity index (χ4v) is 2.68. The Hall–Kier alpha value is -0.710. The van der Waals surface area contributed by atoms with E-state index in [1.807, 2.05) is 4.67 Å². The number of carbonyl (C=O) groups is 2. The predicted octanol–water partition coefficient (Wildman–Crippen LogP) is 0.325. The first-order valence-corrected chi connectivity index (χ1v) is 7.13. The van der Waals surface area contributed by atoms with Crippen LogP contribution >= 0.6 is 9.39 Å². The summed E-state index contributed by atoms with van der Waals surface area (Å²) in [5.41, 5.74) is 0. The number of carbonyl (C=O) groups excluding carboxylic acids is 2. The Morgan fingerprint density at radius 2 is 1.53 bits per heavy atom. The third-order valence-corrected chi connectivity index (χ3v) is 3.24. The quantitative estimate of drug-likeness (QED) is 0.561. The molecule has 1 aliphatic heterocycles. The Morgan fingerprint density at radius 3 is 1.89 bits per heavy atom. The Labute approximate surface area is 116 Å². The molecule has 3 atom stereocenters. The van der Waals surface area contributed by atoms with Gasteiger partial charge in [-0.1, -0.05) is 9.39 Å². The molecular weight excluding hydrogens is 267 g/mol. The SMILES string of the molecule is CCOC(=O)C[C@@H]1CN(P)C[C@H](CC(=O)OCC)N1. The van der Waals surface area contributed by atoms with Gasteiger partial charge in [-0.25, -0.2) is 0 Å². The lowest BCUT2D eigenvalue weighted by atomic mass is 10.1. The zero-order chi connectivity index (χ0) is 14.3. The molecule has 1 aliphatic rings. The molecule has 0 aromatic heterocycles. The zero-order valence-electron chi connectivity index (χ0n) is 11.6. The first-order chi connectivity index (χ1) is 9.05. The third kappa shape index (κ3) is 6.32. The number of hydrogen-bond acceptors (Lipinski definition) is 6. The number of ether oxygens (including phenoxy) is 2. The van der Waals surface area contributed by atoms with E-state index < -0.39 is 0 Å². The van der Waals surface area contributed by atoms with Crippen molar-refractivity contribution < 1.29 is 19.1 Å². The molecule has 1 saturated heterocycles. The first kappa shape index (κ1) is 16.3. The minimum atomic E-state index is -0.213. The fraction of sp³-hybridized carbons (Fsp3) is 0.833. The Kier molecular flexibility index (Phi) is 7.28. The molecule has 0 saturated carbocycles. The summed E-state index contributed by atoms with van der Waals surface area (Å²) in [4.78, 5) is 22.9. The highest BCUT2D eigenvalue weighted by molar-refractivity contribution is 7.13. The van der Waals surface area contributed by atoms with Crippen LogP contribution in [0.25, 0.3) is 0 Å². The number of hydrogen-bond donors (Lipinski definition) is 1. The fourth-order valence-electron chi connectivity index (χ4n) is 2.17. The summed E-state index contributed by atoms with van der Waals surface area (Å²) in [6.45, 7) is 5.84. The van der Waals surface area contributed by atoms with Crippen molar-refractivity contribution >= 4 is 21.3 Å². The number of piperazine rings is 1. The van der Waals surface area contributed by atoms with Gasteiger partial charge in [0.2, 0.25) is 0 Å². The van der Waals surface area contributed by atoms with Crippen LogP contribution in [0.3, 0.4) is 0 Å². The van der Waals surface area contributed by atoms with Crippen molar-refractivity contribution in [2.24, 2.45) is 0 Å². The van der Waals surface area contributed by atoms with Crippen LogP contribution in [0, 0.1) is 0 Å². The second kappa shape index (κ2) is 8.46. The van der Waals surface area contributed by atoms with Crippen LogP contribution in [-0.2, 0) is 19.1 Å². The highest BCUT2D eigenvalue weighted by Crippen LogP contribution is 2.14. The van der Waals surface area contributed by atoms with Crippen LogP contribution in [-0.4, -0.2) is 55.0 Å². The predicted molar refractivity (Wildman–Crippen MR) is 74.5 cm³/mol. The van der Waals surface area contributed by atoms with Gasteiger partial charge in [0.05, 0.1) is 26.1 Å². The van der Waals surface area contributed by atoms with Crippen molar-refractivity contribution in [2.45, 2.75) is 38.8 Å². The lowest BCUT2D eigenvalue weighted by molar-refractivity contribution is -0.144. The van der Waals surface area contributed by atoms with Crippen LogP contribution in [0.1, 0.15) is 26.7 Å². The number of rotatable bonds is 6. The lowest BCUT2D eigenvalue weighted by Crippen LogP contribution is -2.55. The van der Waals surface area contributed by atoms with E-state index in [0.717, 1.165) is 13.1 Å². The smallest absolute Gasteiger partial charge is 0.307 e. The molecule has 110 valence electrons. The second-order valence-corrected chi connectivity index (χ2v) is 5.26. The van der Waals surface area contributed by atoms with E-state index in [2.05, 4.69) is 14.7 Å². The van der Waals surface area contributed by atoms with E-state index >= 15 is 0 Å². The van der Waals surface area contributed by atoms with E-state index in [9.17, 15) is 9.59 Å². The van der Waals surface area contributed by atoms with Crippen LogP contribution in [0.15, 0.2) is 0 Å². The maximum absolute atomic E-state index is 11.5. The summed E-state index contributed by atoms with van der Waals surface area (Å²) in [7, 11) is 2.62. The largest absolute Gasteiger partial charge is 0.466 e. The van der Waals surface area contributed by atoms with Gasteiger partial charge in [-0.05, 0) is 13.8 Å². The van der Waals surface area contributed by atoms with Crippen LogP contribution in [0.5, 0.6) is 0 Å². The van der Waals surface area contributed by atoms with Crippen molar-refractivity contribution in [3.63, 3.8) is 0 Å². The van der Waals surface area contributed by atoms with Crippen molar-refractivity contribution in [1.82, 2.24) is 9.99 Å². The molecule has 0 aliphatic carbocycles. The van der Waals surface area contributed by atoms with E-state index in [4.69, 9.17) is 9.47 Å². The molecule has 1 N–H and O–H groups in total. The molecule has 7 heteroatoms. The molecule has 0 radical (unpaired) electrons. The van der Waals surface area contributed by atoms with Gasteiger partial charge in [0.1, 0.15) is 0 Å². The summed E-state index contributed by atoms with van der Waals surface area (Å²) >= 11 is 0. The number of esters is 2. The molecule has 0 aromatic carbocycles. The summed E-state index contributed by atoms with van der Waals surface area (Å²) in [5.74, 6) is -0.426. The van der Waals surface area contributed by atoms with Crippen molar-refractivity contribution in [3.8, 4) is 0 Å². The zero-order valence-corrected chi connectivity index (χ0v) is 12.7. The molecule has 1 fully saturated rings. The van der Waals surface area contributed by atoms with Gasteiger partial charge in [-0.15, -0.1) is 0 Å². The van der Waals surface area contributed by atoms with Gasteiger partial charge >= 0.3 is 11.9 Å². The Bertz CT molecular complexity index is 286. The Balaban J connectivity index is 2.43. The average molecular weight is 290 g/mol. The molecule has 19 heavy (non-hydrogen) atoms. The summed E-state index contributed by atoms with van der Waals surface area (Å²) < 4.78 is 11.9. The van der Waals surface area contributed by atoms with Gasteiger partial charge in [-0.3, -0.25) is 14.3 Å². The summed E-state index contributed by atoms with van der Waals surface area (Å²) in [6.07, 6.45) is 0.635. The second-order valence-electron chi connectivity index (χ2n) is 4.53. The van der Waals surface area contributed by atoms with Gasteiger partial charge in [-0.2, -0.15) is 0 Å². The molecule has 0 bridgehead atoms. The molecule has 1 rings (SSSR count). The van der Waals surface area contributed by atoms with Crippen LogP contribution < -0.4 is 5.32 Å². The normalized spacial score (nSPS) is 23.9. The van der Waals surface area contributed by atoms with Gasteiger partial charge < -0.3 is 14.8 Å². The molecule has 1 unspecified atom stereocenters. The van der Waals surface area contributed by atoms with Crippen molar-refractivity contribution in [2.75, 3.05) is 26.3 Å². The number of nitrogens with one attached hydrogen (secondary N) is 1. The van der Waals surface area contributed by atoms with Crippen LogP contribution in [0.2, 0.25) is 0 Å². The van der Waals surface area contributed by atoms with Gasteiger partial charge in [0.25, 0.3) is 0 Å². The first-order valence-electron chi connectivity index (χ1n) is 6.62. The highest BCUT2D eigenvalue weighted by atomic mass is 31.0. The molecule has 0 spiro atoms. The van der Waals surface area contributed by atoms with Gasteiger partial charge in [0, 0.05) is 25.2 Å². The maximum Gasteiger partial charge on any atom is 0.307 e. The van der Waals surface area contributed by atoms with Gasteiger partial charge in [0.15, 0.2) is 0 Å². The molecule has 1 heterocycles. The molecule has 0 aromatic rings. The van der Waals surface area contributed by atoms with Crippen molar-refractivity contribution in [3.05, 3.63) is 0 Å². The van der Waals surface area contributed by atoms with Crippen LogP contribution in [0.4, 0.5) is 0 Å². The molecule has 6 nitrogen and oxygen atoms in total. The molecule has 0 amide bonds. The minimum Gasteiger partial charge on any atom is -0.466 e. The van der Waals surface area contributed by atoms with E-state index in [1.165, 1.54) is 0 Å². The minimum absolute atomic E-state index is 0.00438. The monoisotopic (exact) mass is 290 g/mol. The summed E-state index contributed by atoms with van der Waals surface area (Å²) in [5, 5.41) is 3.31. The van der Waals surface area contributed by atoms with E-state index in [1.54, 1.807) is 13.8 Å². The van der Waals surface area contributed by atoms with Crippen molar-refractivity contribution in [1.29, 1.82) is 0 Å². The number of nitrogens with zero attached hydrogens (tertiary/aromatic N) is 1. The topological polar surface area (TPSA) is 67.9 Å². The standard InChI is InChI=1S/C12H23N2O4P/c1-3-17-11(15)5-9-7-14(19)8-10(13-9)6-12(16)18-4-2/h9-10,13H,3-8,19H2,1-2H3/t9-,10+. The van der Waals surface area contributed by atoms with E-state index in [-0.39, 0.29) is 24.0 Å². The third-order valence-electron chi connectivity index (χ3n) is 2.82. The maximum atomic E-state index is 11.5. The summed E-state index contributed by atoms with van der Waals surface area (Å²) in [6, 6.07) is 0.00875. The Morgan fingerprint density at radius 1 is 1.11 bits per heavy atom.